The van der Waals surface area contributed by atoms with E-state index in [2.05, 4.69) is 0 Å². The number of rotatable bonds is 6. The minimum atomic E-state index is -4.07. The largest absolute Gasteiger partial charge is 0.481 e. The molecule has 0 radical (unpaired) electrons. The minimum absolute atomic E-state index is 0.122. The molecular formula is C14H11Cl2FN2O4S. The standard InChI is InChI=1S/C14H11Cl2FN2O4S/c15-9-5-10(16)7-11(6-9)24(21,22)19-18-14(20)8-23-13-4-2-1-3-12(13)17/h1-7,19H,8H2,(H,18,20). The molecular weight excluding hydrogens is 382 g/mol. The molecule has 2 aromatic rings. The predicted octanol–water partition coefficient (Wildman–Crippen LogP) is 2.52. The van der Waals surface area contributed by atoms with Crippen molar-refractivity contribution in [1.29, 1.82) is 0 Å². The lowest BCUT2D eigenvalue weighted by Crippen LogP contribution is -2.43. The zero-order chi connectivity index (χ0) is 17.7. The lowest BCUT2D eigenvalue weighted by molar-refractivity contribution is -0.123. The summed E-state index contributed by atoms with van der Waals surface area (Å²) in [4.78, 5) is 13.2. The Morgan fingerprint density at radius 2 is 1.75 bits per heavy atom. The first-order chi connectivity index (χ1) is 11.3. The minimum Gasteiger partial charge on any atom is -0.481 e. The fourth-order valence-electron chi connectivity index (χ4n) is 1.61. The maximum absolute atomic E-state index is 13.3. The van der Waals surface area contributed by atoms with Crippen LogP contribution in [-0.4, -0.2) is 20.9 Å². The Labute approximate surface area is 147 Å². The number of hydrazine groups is 1. The van der Waals surface area contributed by atoms with Gasteiger partial charge in [-0.15, -0.1) is 4.83 Å². The van der Waals surface area contributed by atoms with Gasteiger partial charge in [-0.05, 0) is 30.3 Å². The topological polar surface area (TPSA) is 84.5 Å². The van der Waals surface area contributed by atoms with Gasteiger partial charge in [0.05, 0.1) is 4.90 Å². The van der Waals surface area contributed by atoms with Crippen LogP contribution >= 0.6 is 23.2 Å². The Kier molecular flexibility index (Phi) is 6.00. The van der Waals surface area contributed by atoms with E-state index in [0.717, 1.165) is 12.1 Å². The van der Waals surface area contributed by atoms with Gasteiger partial charge in [-0.1, -0.05) is 35.3 Å². The molecule has 0 unspecified atom stereocenters. The Hall–Kier alpha value is -1.87. The van der Waals surface area contributed by atoms with Gasteiger partial charge < -0.3 is 4.74 Å². The molecule has 0 saturated heterocycles. The molecule has 0 aromatic heterocycles. The van der Waals surface area contributed by atoms with Gasteiger partial charge in [-0.3, -0.25) is 10.2 Å². The summed E-state index contributed by atoms with van der Waals surface area (Å²) in [6.07, 6.45) is 0. The molecule has 0 atom stereocenters. The summed E-state index contributed by atoms with van der Waals surface area (Å²) >= 11 is 11.5. The molecule has 0 aliphatic carbocycles. The molecule has 2 aromatic carbocycles. The average molecular weight is 393 g/mol. The number of ether oxygens (including phenoxy) is 1. The van der Waals surface area contributed by atoms with Crippen molar-refractivity contribution >= 4 is 39.1 Å². The summed E-state index contributed by atoms with van der Waals surface area (Å²) in [5.74, 6) is -1.59. The van der Waals surface area contributed by atoms with Gasteiger partial charge in [0.15, 0.2) is 18.2 Å². The zero-order valence-corrected chi connectivity index (χ0v) is 14.3. The molecule has 2 rings (SSSR count). The first-order valence-electron chi connectivity index (χ1n) is 6.42. The van der Waals surface area contributed by atoms with Crippen LogP contribution in [0.15, 0.2) is 47.4 Å². The molecule has 6 nitrogen and oxygen atoms in total. The fourth-order valence-corrected chi connectivity index (χ4v) is 3.19. The third-order valence-corrected chi connectivity index (χ3v) is 4.33. The normalized spacial score (nSPS) is 11.1. The smallest absolute Gasteiger partial charge is 0.272 e. The van der Waals surface area contributed by atoms with Crippen LogP contribution in [0.25, 0.3) is 0 Å². The van der Waals surface area contributed by atoms with Gasteiger partial charge in [0.1, 0.15) is 0 Å². The fraction of sp³-hybridized carbons (Fsp3) is 0.0714. The van der Waals surface area contributed by atoms with Crippen molar-refractivity contribution in [1.82, 2.24) is 10.3 Å². The number of benzene rings is 2. The van der Waals surface area contributed by atoms with Gasteiger partial charge in [0.2, 0.25) is 0 Å². The number of nitrogens with one attached hydrogen (secondary N) is 2. The lowest BCUT2D eigenvalue weighted by atomic mass is 10.3. The highest BCUT2D eigenvalue weighted by atomic mass is 35.5. The van der Waals surface area contributed by atoms with Crippen LogP contribution in [0, 0.1) is 5.82 Å². The molecule has 0 spiro atoms. The van der Waals surface area contributed by atoms with Crippen LogP contribution in [0.2, 0.25) is 10.0 Å². The van der Waals surface area contributed by atoms with E-state index in [1.54, 1.807) is 0 Å². The highest BCUT2D eigenvalue weighted by Gasteiger charge is 2.17. The van der Waals surface area contributed by atoms with Gasteiger partial charge in [0.25, 0.3) is 15.9 Å². The molecule has 0 bridgehead atoms. The summed E-state index contributed by atoms with van der Waals surface area (Å²) in [7, 11) is -4.07. The highest BCUT2D eigenvalue weighted by molar-refractivity contribution is 7.89. The van der Waals surface area contributed by atoms with E-state index in [1.165, 1.54) is 30.3 Å². The summed E-state index contributed by atoms with van der Waals surface area (Å²) in [6.45, 7) is -0.584. The second-order valence-electron chi connectivity index (χ2n) is 4.48. The molecule has 0 heterocycles. The van der Waals surface area contributed by atoms with E-state index in [1.807, 2.05) is 10.3 Å². The van der Waals surface area contributed by atoms with Crippen LogP contribution in [0.5, 0.6) is 5.75 Å². The molecule has 0 saturated carbocycles. The van der Waals surface area contributed by atoms with Crippen molar-refractivity contribution in [3.8, 4) is 5.75 Å². The molecule has 0 aliphatic rings. The molecule has 128 valence electrons. The first-order valence-corrected chi connectivity index (χ1v) is 8.66. The highest BCUT2D eigenvalue weighted by Crippen LogP contribution is 2.21. The van der Waals surface area contributed by atoms with Gasteiger partial charge in [-0.2, -0.15) is 0 Å². The summed E-state index contributed by atoms with van der Waals surface area (Å²) in [5, 5.41) is 0.245. The maximum Gasteiger partial charge on any atom is 0.272 e. The van der Waals surface area contributed by atoms with E-state index in [0.29, 0.717) is 0 Å². The number of carbonyl (C=O) groups excluding carboxylic acids is 1. The molecule has 2 N–H and O–H groups in total. The number of hydrogen-bond acceptors (Lipinski definition) is 4. The van der Waals surface area contributed by atoms with Crippen molar-refractivity contribution in [2.45, 2.75) is 4.90 Å². The molecule has 0 fully saturated rings. The van der Waals surface area contributed by atoms with E-state index < -0.39 is 28.4 Å². The van der Waals surface area contributed by atoms with Gasteiger partial charge >= 0.3 is 0 Å². The Balaban J connectivity index is 1.94. The van der Waals surface area contributed by atoms with Crippen molar-refractivity contribution in [3.05, 3.63) is 58.3 Å². The number of amides is 1. The summed E-state index contributed by atoms with van der Waals surface area (Å²) < 4.78 is 42.3. The second kappa shape index (κ2) is 7.80. The Morgan fingerprint density at radius 3 is 2.38 bits per heavy atom. The third-order valence-electron chi connectivity index (χ3n) is 2.67. The van der Waals surface area contributed by atoms with E-state index in [9.17, 15) is 17.6 Å². The number of halogens is 3. The van der Waals surface area contributed by atoms with Crippen LogP contribution in [-0.2, 0) is 14.8 Å². The van der Waals surface area contributed by atoms with Crippen molar-refractivity contribution in [2.24, 2.45) is 0 Å². The molecule has 10 heteroatoms. The first kappa shape index (κ1) is 18.5. The van der Waals surface area contributed by atoms with Crippen LogP contribution in [0.4, 0.5) is 4.39 Å². The zero-order valence-electron chi connectivity index (χ0n) is 11.9. The van der Waals surface area contributed by atoms with Crippen molar-refractivity contribution in [2.75, 3.05) is 6.61 Å². The van der Waals surface area contributed by atoms with Crippen LogP contribution in [0.3, 0.4) is 0 Å². The number of para-hydroxylation sites is 1. The number of sulfonamides is 1. The Morgan fingerprint density at radius 1 is 1.12 bits per heavy atom. The van der Waals surface area contributed by atoms with Crippen LogP contribution < -0.4 is 15.0 Å². The molecule has 24 heavy (non-hydrogen) atoms. The number of hydrogen-bond donors (Lipinski definition) is 2. The molecule has 0 aliphatic heterocycles. The van der Waals surface area contributed by atoms with E-state index in [-0.39, 0.29) is 20.7 Å². The summed E-state index contributed by atoms with van der Waals surface area (Å²) in [6, 6.07) is 9.19. The quantitative estimate of drug-likeness (QED) is 0.739. The van der Waals surface area contributed by atoms with Gasteiger partial charge in [-0.25, -0.2) is 12.8 Å². The summed E-state index contributed by atoms with van der Waals surface area (Å²) in [5.41, 5.74) is 1.94. The van der Waals surface area contributed by atoms with Gasteiger partial charge in [0, 0.05) is 10.0 Å². The van der Waals surface area contributed by atoms with Crippen molar-refractivity contribution < 1.29 is 22.3 Å². The predicted molar refractivity (Wildman–Crippen MR) is 86.8 cm³/mol. The average Bonchev–Trinajstić information content (AvgIpc) is 2.51. The van der Waals surface area contributed by atoms with Crippen molar-refractivity contribution in [3.63, 3.8) is 0 Å². The van der Waals surface area contributed by atoms with Crippen LogP contribution in [0.1, 0.15) is 0 Å². The monoisotopic (exact) mass is 392 g/mol. The lowest BCUT2D eigenvalue weighted by Gasteiger charge is -2.10. The maximum atomic E-state index is 13.3. The Bertz CT molecular complexity index is 841. The van der Waals surface area contributed by atoms with E-state index in [4.69, 9.17) is 27.9 Å². The van der Waals surface area contributed by atoms with E-state index >= 15 is 0 Å². The third kappa shape index (κ3) is 5.07. The SMILES string of the molecule is O=C(COc1ccccc1F)NNS(=O)(=O)c1cc(Cl)cc(Cl)c1. The second-order valence-corrected chi connectivity index (χ2v) is 7.03. The molecule has 1 amide bonds. The number of carbonyl (C=O) groups is 1.